The zero-order valence-corrected chi connectivity index (χ0v) is 8.14. The highest BCUT2D eigenvalue weighted by atomic mass is 79.9. The van der Waals surface area contributed by atoms with E-state index in [1.807, 2.05) is 25.2 Å². The molecule has 0 bridgehead atoms. The molecular formula is C10H11Br. The Balaban J connectivity index is 4.31. The summed E-state index contributed by atoms with van der Waals surface area (Å²) in [4.78, 5) is 0.308. The fourth-order valence-electron chi connectivity index (χ4n) is 0.571. The Morgan fingerprint density at radius 2 is 2.36 bits per heavy atom. The Bertz CT molecular complexity index is 214. The van der Waals surface area contributed by atoms with E-state index in [0.717, 1.165) is 5.57 Å². The number of allylic oxidation sites excluding steroid dienone is 5. The molecule has 1 unspecified atom stereocenters. The van der Waals surface area contributed by atoms with Crippen LogP contribution in [-0.4, -0.2) is 4.83 Å². The van der Waals surface area contributed by atoms with E-state index in [-0.39, 0.29) is 0 Å². The van der Waals surface area contributed by atoms with Crippen LogP contribution in [0.1, 0.15) is 6.92 Å². The first-order chi connectivity index (χ1) is 5.20. The molecule has 0 aliphatic carbocycles. The van der Waals surface area contributed by atoms with E-state index in [1.54, 1.807) is 6.08 Å². The van der Waals surface area contributed by atoms with Crippen LogP contribution in [-0.2, 0) is 0 Å². The molecule has 0 saturated carbocycles. The van der Waals surface area contributed by atoms with Crippen molar-refractivity contribution in [2.24, 2.45) is 0 Å². The summed E-state index contributed by atoms with van der Waals surface area (Å²) in [5, 5.41) is 0. The van der Waals surface area contributed by atoms with Crippen LogP contribution >= 0.6 is 15.9 Å². The van der Waals surface area contributed by atoms with Gasteiger partial charge in [-0.25, -0.2) is 0 Å². The summed E-state index contributed by atoms with van der Waals surface area (Å²) < 4.78 is 0. The lowest BCUT2D eigenvalue weighted by molar-refractivity contribution is 1.26. The molecule has 0 aromatic rings. The van der Waals surface area contributed by atoms with E-state index < -0.39 is 0 Å². The third-order valence-electron chi connectivity index (χ3n) is 0.988. The first kappa shape index (κ1) is 10.3. The van der Waals surface area contributed by atoms with Crippen molar-refractivity contribution in [2.75, 3.05) is 0 Å². The van der Waals surface area contributed by atoms with E-state index in [4.69, 9.17) is 6.42 Å². The Morgan fingerprint density at radius 3 is 2.73 bits per heavy atom. The smallest absolute Gasteiger partial charge is 0.0311 e. The van der Waals surface area contributed by atoms with Gasteiger partial charge in [0.15, 0.2) is 0 Å². The number of halogens is 1. The van der Waals surface area contributed by atoms with Gasteiger partial charge in [-0.05, 0) is 13.0 Å². The molecule has 0 radical (unpaired) electrons. The van der Waals surface area contributed by atoms with E-state index >= 15 is 0 Å². The minimum atomic E-state index is 0.308. The van der Waals surface area contributed by atoms with Crippen LogP contribution in [0.15, 0.2) is 36.5 Å². The molecular weight excluding hydrogens is 200 g/mol. The van der Waals surface area contributed by atoms with E-state index in [2.05, 4.69) is 28.4 Å². The van der Waals surface area contributed by atoms with Crippen LogP contribution in [0.5, 0.6) is 0 Å². The van der Waals surface area contributed by atoms with Crippen molar-refractivity contribution in [3.63, 3.8) is 0 Å². The van der Waals surface area contributed by atoms with Crippen molar-refractivity contribution in [1.29, 1.82) is 0 Å². The van der Waals surface area contributed by atoms with Crippen LogP contribution < -0.4 is 0 Å². The highest BCUT2D eigenvalue weighted by molar-refractivity contribution is 9.09. The van der Waals surface area contributed by atoms with Gasteiger partial charge in [-0.2, -0.15) is 0 Å². The molecule has 0 amide bonds. The van der Waals surface area contributed by atoms with Gasteiger partial charge in [0, 0.05) is 10.4 Å². The average Bonchev–Trinajstić information content (AvgIpc) is 1.97. The molecule has 0 aliphatic heterocycles. The summed E-state index contributed by atoms with van der Waals surface area (Å²) in [7, 11) is 0. The Hall–Kier alpha value is -0.740. The number of rotatable bonds is 3. The molecule has 11 heavy (non-hydrogen) atoms. The molecule has 0 fully saturated rings. The first-order valence-corrected chi connectivity index (χ1v) is 4.24. The standard InChI is InChI=1S/C10H11Br/c1-4-6-7-10(5-2)8-9(3)11/h2,4,6-9H,1H2,3H3/b7-6-,10-8-. The monoisotopic (exact) mass is 210 g/mol. The van der Waals surface area contributed by atoms with Gasteiger partial charge >= 0.3 is 0 Å². The molecule has 0 heterocycles. The Morgan fingerprint density at radius 1 is 1.73 bits per heavy atom. The third-order valence-corrected chi connectivity index (χ3v) is 1.25. The lowest BCUT2D eigenvalue weighted by atomic mass is 10.2. The predicted octanol–water partition coefficient (Wildman–Crippen LogP) is 3.07. The SMILES string of the molecule is C#CC(/C=C\C=C)=C/C(C)Br. The van der Waals surface area contributed by atoms with Gasteiger partial charge in [0.2, 0.25) is 0 Å². The molecule has 0 rings (SSSR count). The van der Waals surface area contributed by atoms with E-state index in [1.165, 1.54) is 0 Å². The van der Waals surface area contributed by atoms with Gasteiger partial charge in [0.25, 0.3) is 0 Å². The number of terminal acetylenes is 1. The summed E-state index contributed by atoms with van der Waals surface area (Å²) >= 11 is 3.38. The van der Waals surface area contributed by atoms with Gasteiger partial charge in [-0.3, -0.25) is 0 Å². The van der Waals surface area contributed by atoms with Gasteiger partial charge in [0.05, 0.1) is 0 Å². The second-order valence-electron chi connectivity index (χ2n) is 2.04. The van der Waals surface area contributed by atoms with Crippen molar-refractivity contribution in [2.45, 2.75) is 11.8 Å². The zero-order chi connectivity index (χ0) is 8.69. The van der Waals surface area contributed by atoms with E-state index in [9.17, 15) is 0 Å². The third kappa shape index (κ3) is 5.69. The molecule has 1 heteroatoms. The van der Waals surface area contributed by atoms with Crippen LogP contribution in [0.2, 0.25) is 0 Å². The fourth-order valence-corrected chi connectivity index (χ4v) is 0.856. The first-order valence-electron chi connectivity index (χ1n) is 3.32. The second kappa shape index (κ2) is 6.00. The van der Waals surface area contributed by atoms with Gasteiger partial charge < -0.3 is 0 Å². The van der Waals surface area contributed by atoms with E-state index in [0.29, 0.717) is 4.83 Å². The molecule has 58 valence electrons. The summed E-state index contributed by atoms with van der Waals surface area (Å²) in [6, 6.07) is 0. The highest BCUT2D eigenvalue weighted by Crippen LogP contribution is 2.04. The summed E-state index contributed by atoms with van der Waals surface area (Å²) in [6.45, 7) is 5.56. The minimum absolute atomic E-state index is 0.308. The Kier molecular flexibility index (Phi) is 5.60. The molecule has 0 spiro atoms. The minimum Gasteiger partial charge on any atom is -0.115 e. The topological polar surface area (TPSA) is 0 Å². The lowest BCUT2D eigenvalue weighted by Crippen LogP contribution is -1.83. The molecule has 0 nitrogen and oxygen atoms in total. The van der Waals surface area contributed by atoms with Gasteiger partial charge in [0.1, 0.15) is 0 Å². The Labute approximate surface area is 76.8 Å². The molecule has 1 atom stereocenters. The largest absolute Gasteiger partial charge is 0.115 e. The second-order valence-corrected chi connectivity index (χ2v) is 3.48. The molecule has 0 N–H and O–H groups in total. The lowest BCUT2D eigenvalue weighted by Gasteiger charge is -1.93. The van der Waals surface area contributed by atoms with Crippen LogP contribution in [0.3, 0.4) is 0 Å². The van der Waals surface area contributed by atoms with Crippen molar-refractivity contribution in [3.05, 3.63) is 36.5 Å². The van der Waals surface area contributed by atoms with Gasteiger partial charge in [-0.15, -0.1) is 6.42 Å². The van der Waals surface area contributed by atoms with Gasteiger partial charge in [-0.1, -0.05) is 46.7 Å². The van der Waals surface area contributed by atoms with Crippen LogP contribution in [0, 0.1) is 12.3 Å². The number of hydrogen-bond donors (Lipinski definition) is 0. The van der Waals surface area contributed by atoms with Crippen LogP contribution in [0.4, 0.5) is 0 Å². The summed E-state index contributed by atoms with van der Waals surface area (Å²) in [5.74, 6) is 2.56. The highest BCUT2D eigenvalue weighted by Gasteiger charge is 1.89. The normalized spacial score (nSPS) is 14.5. The zero-order valence-electron chi connectivity index (χ0n) is 6.55. The molecule has 0 aromatic heterocycles. The quantitative estimate of drug-likeness (QED) is 0.382. The van der Waals surface area contributed by atoms with Crippen molar-refractivity contribution < 1.29 is 0 Å². The van der Waals surface area contributed by atoms with Crippen molar-refractivity contribution in [1.82, 2.24) is 0 Å². The summed E-state index contributed by atoms with van der Waals surface area (Å²) in [6.07, 6.45) is 12.6. The maximum Gasteiger partial charge on any atom is 0.0311 e. The number of hydrogen-bond acceptors (Lipinski definition) is 0. The number of alkyl halides is 1. The molecule has 0 aromatic carbocycles. The maximum atomic E-state index is 5.24. The average molecular weight is 211 g/mol. The maximum absolute atomic E-state index is 5.24. The van der Waals surface area contributed by atoms with Crippen LogP contribution in [0.25, 0.3) is 0 Å². The molecule has 0 saturated heterocycles. The predicted molar refractivity (Wildman–Crippen MR) is 54.6 cm³/mol. The summed E-state index contributed by atoms with van der Waals surface area (Å²) in [5.41, 5.74) is 0.870. The fraction of sp³-hybridized carbons (Fsp3) is 0.200. The van der Waals surface area contributed by atoms with Crippen molar-refractivity contribution >= 4 is 15.9 Å². The van der Waals surface area contributed by atoms with Crippen molar-refractivity contribution in [3.8, 4) is 12.3 Å². The molecule has 0 aliphatic rings.